The van der Waals surface area contributed by atoms with E-state index in [-0.39, 0.29) is 33.0 Å². The Hall–Kier alpha value is -5.48. The number of hydrogen-bond acceptors (Lipinski definition) is 10. The summed E-state index contributed by atoms with van der Waals surface area (Å²) in [5, 5.41) is 51.0. The van der Waals surface area contributed by atoms with Gasteiger partial charge in [-0.05, 0) is 53.6 Å². The third kappa shape index (κ3) is 6.45. The van der Waals surface area contributed by atoms with E-state index < -0.39 is 58.3 Å². The number of aromatic amines is 1. The van der Waals surface area contributed by atoms with Gasteiger partial charge in [-0.15, -0.1) is 0 Å². The van der Waals surface area contributed by atoms with Gasteiger partial charge in [0, 0.05) is 11.1 Å². The van der Waals surface area contributed by atoms with Crippen LogP contribution in [0.15, 0.2) is 58.5 Å². The Balaban J connectivity index is 1.87. The normalized spacial score (nSPS) is 12.4. The predicted molar refractivity (Wildman–Crippen MR) is 149 cm³/mol. The number of hydrogen-bond donors (Lipinski definition) is 8. The quantitative estimate of drug-likeness (QED) is 0.0721. The number of phenolic OH excluding ortho intramolecular Hbond substituents is 2. The fourth-order valence-electron chi connectivity index (χ4n) is 4.22. The van der Waals surface area contributed by atoms with Crippen LogP contribution in [-0.4, -0.2) is 68.9 Å². The minimum atomic E-state index is -4.21. The lowest BCUT2D eigenvalue weighted by molar-refractivity contribution is -0.147. The van der Waals surface area contributed by atoms with Crippen molar-refractivity contribution in [2.75, 3.05) is 0 Å². The highest BCUT2D eigenvalue weighted by molar-refractivity contribution is 7.89. The molecular formula is C26H24N6O9S. The topological polar surface area (TPSA) is 271 Å². The van der Waals surface area contributed by atoms with Crippen LogP contribution in [0, 0.1) is 0 Å². The number of nitrogens with zero attached hydrogens (tertiary/aromatic N) is 2. The molecule has 0 bridgehead atoms. The second-order valence-electron chi connectivity index (χ2n) is 9.14. The number of phenols is 2. The fourth-order valence-corrected chi connectivity index (χ4v) is 4.76. The van der Waals surface area contributed by atoms with Gasteiger partial charge >= 0.3 is 11.9 Å². The molecule has 1 atom stereocenters. The molecule has 0 unspecified atom stereocenters. The minimum Gasteiger partial charge on any atom is -0.507 e. The summed E-state index contributed by atoms with van der Waals surface area (Å²) in [6.45, 7) is 0. The van der Waals surface area contributed by atoms with Crippen molar-refractivity contribution in [3.05, 3.63) is 59.7 Å². The maximum atomic E-state index is 12.8. The Kier molecular flexibility index (Phi) is 8.12. The molecule has 4 rings (SSSR count). The van der Waals surface area contributed by atoms with Crippen LogP contribution in [0.2, 0.25) is 0 Å². The van der Waals surface area contributed by atoms with Crippen LogP contribution in [0.25, 0.3) is 33.5 Å². The van der Waals surface area contributed by atoms with Gasteiger partial charge in [-0.1, -0.05) is 6.07 Å². The van der Waals surface area contributed by atoms with E-state index in [0.717, 1.165) is 18.2 Å². The molecule has 16 heteroatoms. The van der Waals surface area contributed by atoms with Gasteiger partial charge in [0.05, 0.1) is 40.5 Å². The van der Waals surface area contributed by atoms with Gasteiger partial charge in [-0.25, -0.2) is 23.3 Å². The molecule has 0 radical (unpaired) electrons. The highest BCUT2D eigenvalue weighted by Gasteiger charge is 2.25. The molecule has 0 saturated carbocycles. The SMILES string of the molecule is N/N=C/c1ccc2nc(-c3cc(CC(=O)N[C@H](CC(=O)O)C(=O)O)cc(-c4cc(S(N)(=O)=O)ccc4O)c3O)[nH]c2c1. The number of nitrogens with one attached hydrogen (secondary N) is 2. The number of H-pyrrole nitrogens is 1. The molecule has 10 N–H and O–H groups in total. The zero-order valence-corrected chi connectivity index (χ0v) is 22.3. The van der Waals surface area contributed by atoms with Crippen LogP contribution >= 0.6 is 0 Å². The van der Waals surface area contributed by atoms with Crippen LogP contribution in [0.4, 0.5) is 0 Å². The number of aliphatic carboxylic acids is 2. The Morgan fingerprint density at radius 2 is 1.74 bits per heavy atom. The van der Waals surface area contributed by atoms with Gasteiger partial charge in [0.1, 0.15) is 23.4 Å². The van der Waals surface area contributed by atoms with Crippen LogP contribution in [-0.2, 0) is 30.8 Å². The molecule has 0 aliphatic heterocycles. The molecule has 0 aliphatic rings. The number of primary sulfonamides is 1. The standard InChI is InChI=1S/C26H24N6O9S/c27-29-11-12-1-3-18-19(7-12)32-25(31-18)17-6-13(8-22(34)30-20(26(38)39)10-23(35)36)5-16(24(17)37)15-9-14(42(28,40)41)2-4-21(15)33/h1-7,9,11,20,33,37H,8,10,27H2,(H,30,34)(H,31,32)(H,35,36)(H,38,39)(H2,28,40,41)/b29-11+/t20-/m1/s1. The van der Waals surface area contributed by atoms with Crippen LogP contribution in [0.5, 0.6) is 11.5 Å². The number of carbonyl (C=O) groups excluding carboxylic acids is 1. The second kappa shape index (κ2) is 11.6. The Bertz CT molecular complexity index is 1870. The number of benzene rings is 3. The lowest BCUT2D eigenvalue weighted by Gasteiger charge is -2.16. The Labute approximate surface area is 237 Å². The predicted octanol–water partition coefficient (Wildman–Crippen LogP) is 0.835. The van der Waals surface area contributed by atoms with E-state index in [1.165, 1.54) is 18.3 Å². The third-order valence-corrected chi connectivity index (χ3v) is 7.03. The summed E-state index contributed by atoms with van der Waals surface area (Å²) in [6, 6.07) is 9.18. The highest BCUT2D eigenvalue weighted by atomic mass is 32.2. The number of hydrazone groups is 1. The first-order valence-electron chi connectivity index (χ1n) is 12.0. The average Bonchev–Trinajstić information content (AvgIpc) is 3.32. The van der Waals surface area contributed by atoms with Crippen molar-refractivity contribution < 1.29 is 43.2 Å². The number of carboxylic acid groups (broad SMARTS) is 2. The first-order chi connectivity index (χ1) is 19.8. The number of imidazole rings is 1. The van der Waals surface area contributed by atoms with E-state index in [2.05, 4.69) is 20.4 Å². The number of nitrogens with two attached hydrogens (primary N) is 2. The Morgan fingerprint density at radius 3 is 2.38 bits per heavy atom. The largest absolute Gasteiger partial charge is 0.507 e. The van der Waals surface area contributed by atoms with E-state index in [4.69, 9.17) is 16.1 Å². The molecule has 1 aromatic heterocycles. The molecule has 218 valence electrons. The molecular weight excluding hydrogens is 572 g/mol. The van der Waals surface area contributed by atoms with Crippen molar-refractivity contribution in [3.8, 4) is 34.0 Å². The van der Waals surface area contributed by atoms with Gasteiger partial charge in [-0.3, -0.25) is 9.59 Å². The van der Waals surface area contributed by atoms with Gasteiger partial charge in [0.15, 0.2) is 0 Å². The Morgan fingerprint density at radius 1 is 1.02 bits per heavy atom. The number of aromatic hydroxyl groups is 2. The molecule has 0 fully saturated rings. The number of sulfonamides is 1. The summed E-state index contributed by atoms with van der Waals surface area (Å²) in [5.41, 5.74) is 1.63. The van der Waals surface area contributed by atoms with Crippen molar-refractivity contribution in [1.82, 2.24) is 15.3 Å². The number of aromatic nitrogens is 2. The summed E-state index contributed by atoms with van der Waals surface area (Å²) in [7, 11) is -4.21. The van der Waals surface area contributed by atoms with E-state index in [9.17, 15) is 38.1 Å². The first kappa shape index (κ1) is 29.5. The summed E-state index contributed by atoms with van der Waals surface area (Å²) >= 11 is 0. The van der Waals surface area contributed by atoms with Crippen LogP contribution < -0.4 is 16.3 Å². The van der Waals surface area contributed by atoms with Crippen molar-refractivity contribution in [2.24, 2.45) is 16.1 Å². The summed E-state index contributed by atoms with van der Waals surface area (Å²) in [4.78, 5) is 42.3. The maximum absolute atomic E-state index is 12.8. The average molecular weight is 597 g/mol. The van der Waals surface area contributed by atoms with Gasteiger partial charge in [-0.2, -0.15) is 5.10 Å². The fraction of sp³-hybridized carbons (Fsp3) is 0.115. The summed E-state index contributed by atoms with van der Waals surface area (Å²) < 4.78 is 24.0. The number of fused-ring (bicyclic) bond motifs is 1. The zero-order chi connectivity index (χ0) is 30.8. The molecule has 15 nitrogen and oxygen atoms in total. The summed E-state index contributed by atoms with van der Waals surface area (Å²) in [6.07, 6.45) is 0.0542. The maximum Gasteiger partial charge on any atom is 0.326 e. The molecule has 0 spiro atoms. The van der Waals surface area contributed by atoms with Gasteiger partial charge in [0.25, 0.3) is 0 Å². The molecule has 4 aromatic rings. The van der Waals surface area contributed by atoms with E-state index in [1.54, 1.807) is 18.2 Å². The summed E-state index contributed by atoms with van der Waals surface area (Å²) in [5.74, 6) is 0.632. The first-order valence-corrected chi connectivity index (χ1v) is 13.5. The van der Waals surface area contributed by atoms with Crippen molar-refractivity contribution in [2.45, 2.75) is 23.8 Å². The molecule has 1 heterocycles. The highest BCUT2D eigenvalue weighted by Crippen LogP contribution is 2.42. The number of rotatable bonds is 10. The van der Waals surface area contributed by atoms with Crippen molar-refractivity contribution in [3.63, 3.8) is 0 Å². The monoisotopic (exact) mass is 596 g/mol. The molecule has 1 amide bonds. The lowest BCUT2D eigenvalue weighted by atomic mass is 9.95. The van der Waals surface area contributed by atoms with E-state index in [1.807, 2.05) is 0 Å². The smallest absolute Gasteiger partial charge is 0.326 e. The third-order valence-electron chi connectivity index (χ3n) is 6.12. The van der Waals surface area contributed by atoms with Gasteiger partial charge < -0.3 is 36.6 Å². The molecule has 42 heavy (non-hydrogen) atoms. The molecule has 0 saturated heterocycles. The van der Waals surface area contributed by atoms with Crippen LogP contribution in [0.3, 0.4) is 0 Å². The van der Waals surface area contributed by atoms with Gasteiger partial charge in [0.2, 0.25) is 15.9 Å². The zero-order valence-electron chi connectivity index (χ0n) is 21.5. The molecule has 0 aliphatic carbocycles. The molecule has 3 aromatic carbocycles. The lowest BCUT2D eigenvalue weighted by Crippen LogP contribution is -2.42. The van der Waals surface area contributed by atoms with Crippen molar-refractivity contribution in [1.29, 1.82) is 0 Å². The second-order valence-corrected chi connectivity index (χ2v) is 10.7. The number of carbonyl (C=O) groups is 3. The number of amides is 1. The minimum absolute atomic E-state index is 0.0428. The number of carboxylic acids is 2. The van der Waals surface area contributed by atoms with Crippen LogP contribution in [0.1, 0.15) is 17.5 Å². The van der Waals surface area contributed by atoms with Crippen molar-refractivity contribution >= 4 is 45.1 Å². The van der Waals surface area contributed by atoms with E-state index in [0.29, 0.717) is 16.6 Å². The van der Waals surface area contributed by atoms with E-state index >= 15 is 0 Å².